The molecular formula is C22H24FN5O4. The van der Waals surface area contributed by atoms with Crippen molar-refractivity contribution in [3.05, 3.63) is 71.4 Å². The van der Waals surface area contributed by atoms with Gasteiger partial charge in [-0.15, -0.1) is 0 Å². The molecule has 6 N–H and O–H groups in total. The highest BCUT2D eigenvalue weighted by Crippen LogP contribution is 2.30. The Morgan fingerprint density at radius 3 is 2.50 bits per heavy atom. The maximum Gasteiger partial charge on any atom is 0.165 e. The molecule has 0 fully saturated rings. The molecule has 9 nitrogen and oxygen atoms in total. The largest absolute Gasteiger partial charge is 0.486 e. The van der Waals surface area contributed by atoms with Gasteiger partial charge >= 0.3 is 0 Å². The Kier molecular flexibility index (Phi) is 8.75. The summed E-state index contributed by atoms with van der Waals surface area (Å²) in [6.45, 7) is 1.56. The zero-order valence-corrected chi connectivity index (χ0v) is 17.6. The predicted molar refractivity (Wildman–Crippen MR) is 119 cm³/mol. The summed E-state index contributed by atoms with van der Waals surface area (Å²) in [7, 11) is 1.00. The molecule has 0 aliphatic heterocycles. The van der Waals surface area contributed by atoms with E-state index in [2.05, 4.69) is 15.0 Å². The van der Waals surface area contributed by atoms with Gasteiger partial charge in [0, 0.05) is 24.3 Å². The van der Waals surface area contributed by atoms with Gasteiger partial charge in [0.05, 0.1) is 5.52 Å². The molecule has 168 valence electrons. The normalized spacial score (nSPS) is 12.7. The third kappa shape index (κ3) is 6.30. The molecule has 0 amide bonds. The fraction of sp³-hybridized carbons (Fsp3) is 0.182. The molecule has 32 heavy (non-hydrogen) atoms. The smallest absolute Gasteiger partial charge is 0.165 e. The van der Waals surface area contributed by atoms with E-state index < -0.39 is 11.9 Å². The number of halogens is 1. The first-order valence-corrected chi connectivity index (χ1v) is 9.41. The number of aromatic nitrogens is 2. The number of carbonyl (C=O) groups is 1. The number of aliphatic hydroxyl groups excluding tert-OH is 2. The van der Waals surface area contributed by atoms with Gasteiger partial charge in [0.25, 0.3) is 0 Å². The van der Waals surface area contributed by atoms with Crippen molar-refractivity contribution in [1.29, 1.82) is 0 Å². The highest BCUT2D eigenvalue weighted by molar-refractivity contribution is 5.97. The van der Waals surface area contributed by atoms with Crippen molar-refractivity contribution in [1.82, 2.24) is 9.97 Å². The van der Waals surface area contributed by atoms with Crippen LogP contribution in [0.1, 0.15) is 24.4 Å². The molecule has 1 aromatic heterocycles. The maximum atomic E-state index is 13.2. The number of ether oxygens (including phenoxy) is 1. The van der Waals surface area contributed by atoms with Crippen LogP contribution in [0.3, 0.4) is 0 Å². The number of hydrogen-bond acceptors (Lipinski definition) is 8. The lowest BCUT2D eigenvalue weighted by Crippen LogP contribution is -2.11. The minimum atomic E-state index is -1.23. The Morgan fingerprint density at radius 2 is 1.88 bits per heavy atom. The number of fused-ring (bicyclic) bond motifs is 1. The molecule has 3 aromatic rings. The Morgan fingerprint density at radius 1 is 1.19 bits per heavy atom. The van der Waals surface area contributed by atoms with E-state index in [0.29, 0.717) is 34.2 Å². The van der Waals surface area contributed by atoms with Crippen LogP contribution in [0, 0.1) is 5.82 Å². The topological polar surface area (TPSA) is 157 Å². The highest BCUT2D eigenvalue weighted by Gasteiger charge is 2.17. The lowest BCUT2D eigenvalue weighted by Gasteiger charge is -2.13. The van der Waals surface area contributed by atoms with Crippen LogP contribution in [0.2, 0.25) is 0 Å². The lowest BCUT2D eigenvalue weighted by molar-refractivity contribution is -0.109. The van der Waals surface area contributed by atoms with E-state index in [0.717, 1.165) is 7.11 Å². The Bertz CT molecular complexity index is 1130. The Balaban J connectivity index is 0.00000176. The molecule has 2 aromatic carbocycles. The molecule has 1 unspecified atom stereocenters. The second kappa shape index (κ2) is 11.5. The molecule has 0 radical (unpaired) electrons. The number of carbonyl (C=O) groups excluding carboxylic acids is 1. The van der Waals surface area contributed by atoms with Crippen LogP contribution in [0.4, 0.5) is 10.2 Å². The van der Waals surface area contributed by atoms with Crippen LogP contribution in [-0.2, 0) is 4.79 Å². The van der Waals surface area contributed by atoms with E-state index in [-0.39, 0.29) is 24.1 Å². The van der Waals surface area contributed by atoms with Crippen molar-refractivity contribution in [2.24, 2.45) is 16.5 Å². The van der Waals surface area contributed by atoms with E-state index in [1.54, 1.807) is 25.1 Å². The number of benzene rings is 2. The van der Waals surface area contributed by atoms with Gasteiger partial charge in [0.1, 0.15) is 30.1 Å². The van der Waals surface area contributed by atoms with Crippen LogP contribution >= 0.6 is 0 Å². The quantitative estimate of drug-likeness (QED) is 0.246. The molecule has 1 heterocycles. The summed E-state index contributed by atoms with van der Waals surface area (Å²) in [4.78, 5) is 23.6. The van der Waals surface area contributed by atoms with Gasteiger partial charge in [0.2, 0.25) is 0 Å². The minimum Gasteiger partial charge on any atom is -0.486 e. The van der Waals surface area contributed by atoms with Crippen molar-refractivity contribution in [2.45, 2.75) is 13.0 Å². The number of nitrogens with zero attached hydrogens (tertiary/aromatic N) is 3. The van der Waals surface area contributed by atoms with Crippen LogP contribution in [0.15, 0.2) is 59.2 Å². The second-order valence-electron chi connectivity index (χ2n) is 6.44. The van der Waals surface area contributed by atoms with Gasteiger partial charge in [-0.2, -0.15) is 0 Å². The third-order valence-electron chi connectivity index (χ3n) is 4.02. The summed E-state index contributed by atoms with van der Waals surface area (Å²) in [6, 6.07) is 10.3. The van der Waals surface area contributed by atoms with Crippen LogP contribution in [0.25, 0.3) is 10.9 Å². The summed E-state index contributed by atoms with van der Waals surface area (Å²) in [6.07, 6.45) is 0.883. The summed E-state index contributed by atoms with van der Waals surface area (Å²) in [5.74, 6) is 0.369. The number of aldehydes is 1. The number of amidine groups is 1. The molecule has 0 saturated heterocycles. The molecule has 0 aliphatic rings. The molecule has 0 aliphatic carbocycles. The van der Waals surface area contributed by atoms with E-state index >= 15 is 0 Å². The van der Waals surface area contributed by atoms with Crippen molar-refractivity contribution in [3.63, 3.8) is 0 Å². The number of rotatable bonds is 7. The first kappa shape index (κ1) is 24.4. The zero-order chi connectivity index (χ0) is 23.7. The minimum absolute atomic E-state index is 0.0432. The SMILES string of the molecule is C/C(N)=C/C(N)=Nc1nc(C(O)c2ccc(F)cc2)nc2cc(OCC=O)ccc12.CO. The van der Waals surface area contributed by atoms with Gasteiger partial charge in [-0.25, -0.2) is 19.4 Å². The molecule has 1 atom stereocenters. The van der Waals surface area contributed by atoms with Gasteiger partial charge in [-0.05, 0) is 42.8 Å². The number of nitrogens with two attached hydrogens (primary N) is 2. The average Bonchev–Trinajstić information content (AvgIpc) is 2.78. The van der Waals surface area contributed by atoms with E-state index in [4.69, 9.17) is 21.3 Å². The van der Waals surface area contributed by atoms with Gasteiger partial charge in [0.15, 0.2) is 17.9 Å². The van der Waals surface area contributed by atoms with Gasteiger partial charge < -0.3 is 26.4 Å². The van der Waals surface area contributed by atoms with Crippen LogP contribution in [-0.4, -0.2) is 46.0 Å². The highest BCUT2D eigenvalue weighted by atomic mass is 19.1. The number of aliphatic hydroxyl groups is 2. The molecular weight excluding hydrogens is 417 g/mol. The maximum absolute atomic E-state index is 13.2. The standard InChI is InChI=1S/C21H20FN5O3.CH4O/c1-12(23)10-18(24)26-20-16-7-6-15(30-9-8-28)11-17(16)25-21(27-20)19(29)13-2-4-14(22)5-3-13;1-2/h2-8,10-11,19,29H,9,23H2,1H3,(H2,24,25,26,27);2H,1H3/b12-10-;. The van der Waals surface area contributed by atoms with Crippen molar-refractivity contribution < 1.29 is 24.1 Å². The van der Waals surface area contributed by atoms with E-state index in [1.807, 2.05) is 0 Å². The molecule has 0 saturated carbocycles. The van der Waals surface area contributed by atoms with E-state index in [1.165, 1.54) is 30.3 Å². The second-order valence-corrected chi connectivity index (χ2v) is 6.44. The monoisotopic (exact) mass is 441 g/mol. The molecule has 0 spiro atoms. The predicted octanol–water partition coefficient (Wildman–Crippen LogP) is 1.89. The number of aliphatic imine (C=N–C) groups is 1. The van der Waals surface area contributed by atoms with Crippen LogP contribution < -0.4 is 16.2 Å². The summed E-state index contributed by atoms with van der Waals surface area (Å²) in [5, 5.41) is 18.3. The summed E-state index contributed by atoms with van der Waals surface area (Å²) in [5.41, 5.74) is 12.8. The Labute approximate surface area is 183 Å². The number of allylic oxidation sites excluding steroid dienone is 1. The molecule has 0 bridgehead atoms. The fourth-order valence-electron chi connectivity index (χ4n) is 2.72. The van der Waals surface area contributed by atoms with Crippen molar-refractivity contribution >= 4 is 28.8 Å². The van der Waals surface area contributed by atoms with Gasteiger partial charge in [-0.3, -0.25) is 4.79 Å². The van der Waals surface area contributed by atoms with E-state index in [9.17, 15) is 14.3 Å². The first-order valence-electron chi connectivity index (χ1n) is 9.41. The first-order chi connectivity index (χ1) is 15.4. The zero-order valence-electron chi connectivity index (χ0n) is 17.6. The third-order valence-corrected chi connectivity index (χ3v) is 4.02. The average molecular weight is 441 g/mol. The fourth-order valence-corrected chi connectivity index (χ4v) is 2.72. The molecule has 3 rings (SSSR count). The summed E-state index contributed by atoms with van der Waals surface area (Å²) < 4.78 is 18.5. The Hall–Kier alpha value is -3.89. The molecule has 10 heteroatoms. The van der Waals surface area contributed by atoms with Crippen molar-refractivity contribution in [3.8, 4) is 5.75 Å². The van der Waals surface area contributed by atoms with Crippen molar-refractivity contribution in [2.75, 3.05) is 13.7 Å². The number of hydrogen-bond donors (Lipinski definition) is 4. The summed E-state index contributed by atoms with van der Waals surface area (Å²) >= 11 is 0. The van der Waals surface area contributed by atoms with Gasteiger partial charge in [-0.1, -0.05) is 12.1 Å². The lowest BCUT2D eigenvalue weighted by atomic mass is 10.1. The van der Waals surface area contributed by atoms with Crippen LogP contribution in [0.5, 0.6) is 5.75 Å².